The van der Waals surface area contributed by atoms with E-state index < -0.39 is 0 Å². The Morgan fingerprint density at radius 2 is 2.27 bits per heavy atom. The highest BCUT2D eigenvalue weighted by Crippen LogP contribution is 2.43. The Morgan fingerprint density at radius 3 is 2.93 bits per heavy atom. The fourth-order valence-corrected chi connectivity index (χ4v) is 3.16. The number of thioether (sulfide) groups is 1. The number of thiazole rings is 1. The maximum atomic E-state index is 11.3. The summed E-state index contributed by atoms with van der Waals surface area (Å²) in [6.07, 6.45) is 4.29. The Bertz CT molecular complexity index is 570. The Balaban J connectivity index is 2.31. The van der Waals surface area contributed by atoms with Gasteiger partial charge in [-0.15, -0.1) is 11.3 Å². The monoisotopic (exact) mass is 239 g/mol. The minimum atomic E-state index is -0.276. The maximum Gasteiger partial charge on any atom is 0.346 e. The van der Waals surface area contributed by atoms with Crippen LogP contribution in [0.4, 0.5) is 0 Å². The molecule has 6 heteroatoms. The van der Waals surface area contributed by atoms with Crippen LogP contribution in [-0.4, -0.2) is 21.2 Å². The van der Waals surface area contributed by atoms with Crippen LogP contribution in [0.2, 0.25) is 0 Å². The van der Waals surface area contributed by atoms with Crippen LogP contribution in [0.1, 0.15) is 24.5 Å². The zero-order valence-corrected chi connectivity index (χ0v) is 9.74. The second kappa shape index (κ2) is 3.31. The molecule has 78 valence electrons. The van der Waals surface area contributed by atoms with Gasteiger partial charge in [-0.3, -0.25) is 4.98 Å². The molecule has 1 N–H and O–H groups in total. The number of fused-ring (bicyclic) bond motifs is 1. The van der Waals surface area contributed by atoms with Crippen LogP contribution in [0.5, 0.6) is 0 Å². The van der Waals surface area contributed by atoms with Crippen molar-refractivity contribution >= 4 is 33.4 Å². The molecule has 2 aromatic heterocycles. The summed E-state index contributed by atoms with van der Waals surface area (Å²) in [5.74, 6) is 0.491. The highest BCUT2D eigenvalue weighted by Gasteiger charge is 2.28. The van der Waals surface area contributed by atoms with E-state index in [2.05, 4.69) is 15.0 Å². The lowest BCUT2D eigenvalue weighted by Crippen LogP contribution is -2.12. The topological polar surface area (TPSA) is 58.6 Å². The van der Waals surface area contributed by atoms with Crippen LogP contribution < -0.4 is 5.69 Å². The average Bonchev–Trinajstić information content (AvgIpc) is 2.97. The van der Waals surface area contributed by atoms with Gasteiger partial charge >= 0.3 is 5.69 Å². The number of rotatable bonds is 2. The first-order chi connectivity index (χ1) is 7.28. The molecule has 0 bridgehead atoms. The summed E-state index contributed by atoms with van der Waals surface area (Å²) in [5, 5.41) is 0. The van der Waals surface area contributed by atoms with Gasteiger partial charge in [0.2, 0.25) is 0 Å². The third-order valence-electron chi connectivity index (χ3n) is 2.43. The van der Waals surface area contributed by atoms with Crippen LogP contribution in [0.3, 0.4) is 0 Å². The molecule has 0 spiro atoms. The van der Waals surface area contributed by atoms with Gasteiger partial charge in [-0.1, -0.05) is 11.8 Å². The average molecular weight is 239 g/mol. The zero-order valence-electron chi connectivity index (χ0n) is 8.11. The Hall–Kier alpha value is -0.880. The molecule has 1 saturated carbocycles. The second-order valence-corrected chi connectivity index (χ2v) is 5.62. The number of aromatic nitrogens is 3. The van der Waals surface area contributed by atoms with Gasteiger partial charge < -0.3 is 0 Å². The summed E-state index contributed by atoms with van der Waals surface area (Å²) in [6, 6.07) is 0. The van der Waals surface area contributed by atoms with E-state index in [0.717, 1.165) is 27.6 Å². The van der Waals surface area contributed by atoms with Gasteiger partial charge in [0.15, 0.2) is 9.99 Å². The molecule has 0 unspecified atom stereocenters. The number of H-pyrrole nitrogens is 1. The van der Waals surface area contributed by atoms with Gasteiger partial charge in [0.1, 0.15) is 0 Å². The zero-order chi connectivity index (χ0) is 10.4. The van der Waals surface area contributed by atoms with Crippen molar-refractivity contribution in [2.24, 2.45) is 0 Å². The Morgan fingerprint density at radius 1 is 1.47 bits per heavy atom. The summed E-state index contributed by atoms with van der Waals surface area (Å²) >= 11 is 3.22. The summed E-state index contributed by atoms with van der Waals surface area (Å²) in [6.45, 7) is 0. The van der Waals surface area contributed by atoms with Crippen molar-refractivity contribution in [3.05, 3.63) is 16.2 Å². The van der Waals surface area contributed by atoms with Crippen molar-refractivity contribution in [2.45, 2.75) is 23.1 Å². The first-order valence-electron chi connectivity index (χ1n) is 4.72. The lowest BCUT2D eigenvalue weighted by atomic mass is 10.3. The molecule has 0 aliphatic heterocycles. The lowest BCUT2D eigenvalue weighted by Gasteiger charge is -1.95. The van der Waals surface area contributed by atoms with Crippen molar-refractivity contribution in [1.82, 2.24) is 15.0 Å². The van der Waals surface area contributed by atoms with Crippen molar-refractivity contribution in [3.8, 4) is 0 Å². The van der Waals surface area contributed by atoms with Crippen LogP contribution in [0.25, 0.3) is 10.3 Å². The van der Waals surface area contributed by atoms with E-state index >= 15 is 0 Å². The highest BCUT2D eigenvalue weighted by molar-refractivity contribution is 8.00. The van der Waals surface area contributed by atoms with Crippen molar-refractivity contribution in [1.29, 1.82) is 0 Å². The van der Waals surface area contributed by atoms with Crippen molar-refractivity contribution < 1.29 is 0 Å². The first-order valence-corrected chi connectivity index (χ1v) is 6.77. The van der Waals surface area contributed by atoms with Gasteiger partial charge in [-0.05, 0) is 19.1 Å². The molecule has 4 nitrogen and oxygen atoms in total. The van der Waals surface area contributed by atoms with Crippen LogP contribution in [0.15, 0.2) is 9.13 Å². The molecule has 2 aromatic rings. The van der Waals surface area contributed by atoms with Gasteiger partial charge in [-0.25, -0.2) is 9.78 Å². The molecule has 0 atom stereocenters. The van der Waals surface area contributed by atoms with Crippen LogP contribution >= 0.6 is 23.1 Å². The van der Waals surface area contributed by atoms with E-state index in [-0.39, 0.29) is 5.69 Å². The summed E-state index contributed by atoms with van der Waals surface area (Å²) in [4.78, 5) is 22.4. The van der Waals surface area contributed by atoms with E-state index in [0.29, 0.717) is 11.6 Å². The quantitative estimate of drug-likeness (QED) is 0.814. The molecular weight excluding hydrogens is 230 g/mol. The van der Waals surface area contributed by atoms with Gasteiger partial charge in [0, 0.05) is 5.92 Å². The predicted octanol–water partition coefficient (Wildman–Crippen LogP) is 1.98. The molecule has 1 fully saturated rings. The predicted molar refractivity (Wildman–Crippen MR) is 61.8 cm³/mol. The fraction of sp³-hybridized carbons (Fsp3) is 0.444. The molecule has 1 aliphatic carbocycles. The largest absolute Gasteiger partial charge is 0.346 e. The number of hydrogen-bond acceptors (Lipinski definition) is 5. The molecule has 1 aliphatic rings. The number of hydrogen-bond donors (Lipinski definition) is 1. The third kappa shape index (κ3) is 1.57. The van der Waals surface area contributed by atoms with Gasteiger partial charge in [-0.2, -0.15) is 4.98 Å². The summed E-state index contributed by atoms with van der Waals surface area (Å²) in [5.41, 5.74) is 1.38. The minimum Gasteiger partial charge on any atom is -0.289 e. The minimum absolute atomic E-state index is 0.276. The smallest absolute Gasteiger partial charge is 0.289 e. The van der Waals surface area contributed by atoms with Crippen molar-refractivity contribution in [3.63, 3.8) is 0 Å². The molecule has 0 aromatic carbocycles. The molecule has 2 heterocycles. The number of nitrogens with one attached hydrogen (secondary N) is 1. The van der Waals surface area contributed by atoms with Crippen LogP contribution in [0, 0.1) is 0 Å². The Labute approximate surface area is 94.2 Å². The Kier molecular flexibility index (Phi) is 2.07. The van der Waals surface area contributed by atoms with Crippen LogP contribution in [-0.2, 0) is 0 Å². The molecular formula is C9H9N3OS2. The maximum absolute atomic E-state index is 11.3. The fourth-order valence-electron chi connectivity index (χ4n) is 1.57. The van der Waals surface area contributed by atoms with Gasteiger partial charge in [0.25, 0.3) is 0 Å². The first kappa shape index (κ1) is 9.35. The van der Waals surface area contributed by atoms with E-state index in [1.807, 2.05) is 6.26 Å². The highest BCUT2D eigenvalue weighted by atomic mass is 32.2. The van der Waals surface area contributed by atoms with Gasteiger partial charge in [0.05, 0.1) is 10.4 Å². The van der Waals surface area contributed by atoms with E-state index in [1.165, 1.54) is 0 Å². The van der Waals surface area contributed by atoms with E-state index in [4.69, 9.17) is 0 Å². The van der Waals surface area contributed by atoms with Crippen molar-refractivity contribution in [2.75, 3.05) is 6.26 Å². The summed E-state index contributed by atoms with van der Waals surface area (Å²) < 4.78 is 2.04. The standard InChI is InChI=1S/C9H9N3OS2/c1-14-9-12-7-6(15-9)5(4-2-3-4)10-8(13)11-7/h4H,2-3H2,1H3,(H,10,11,13). The molecule has 0 radical (unpaired) electrons. The SMILES string of the molecule is CSc1nc2[nH]c(=O)nc(C3CC3)c2s1. The molecule has 0 saturated heterocycles. The summed E-state index contributed by atoms with van der Waals surface area (Å²) in [7, 11) is 0. The number of nitrogens with zero attached hydrogens (tertiary/aromatic N) is 2. The van der Waals surface area contributed by atoms with E-state index in [9.17, 15) is 4.79 Å². The number of aromatic amines is 1. The third-order valence-corrected chi connectivity index (χ3v) is 4.49. The molecule has 15 heavy (non-hydrogen) atoms. The second-order valence-electron chi connectivity index (χ2n) is 3.56. The lowest BCUT2D eigenvalue weighted by molar-refractivity contribution is 0.977. The molecule has 0 amide bonds. The van der Waals surface area contributed by atoms with E-state index in [1.54, 1.807) is 23.1 Å². The normalized spacial score (nSPS) is 16.1. The molecule has 3 rings (SSSR count).